The van der Waals surface area contributed by atoms with E-state index in [1.54, 1.807) is 17.4 Å². The van der Waals surface area contributed by atoms with Crippen molar-refractivity contribution in [2.75, 3.05) is 0 Å². The first kappa shape index (κ1) is 15.1. The Balaban J connectivity index is 2.12. The molecule has 0 aliphatic rings. The van der Waals surface area contributed by atoms with E-state index in [1.807, 2.05) is 0 Å². The zero-order valence-corrected chi connectivity index (χ0v) is 12.8. The van der Waals surface area contributed by atoms with Crippen LogP contribution in [0.1, 0.15) is 55.8 Å². The van der Waals surface area contributed by atoms with Crippen molar-refractivity contribution >= 4 is 11.3 Å². The highest BCUT2D eigenvalue weighted by molar-refractivity contribution is 7.10. The first-order chi connectivity index (χ1) is 9.74. The number of thiophene rings is 1. The van der Waals surface area contributed by atoms with E-state index in [4.69, 9.17) is 0 Å². The standard InChI is InChI=1S/C16H21FN2S/c1-3-6-15(16-7-5-10-20-16)19-13(4-2)14-9-8-12(17)11-18-14/h5,7-11,13,15,19H,3-4,6H2,1-2H3. The van der Waals surface area contributed by atoms with Gasteiger partial charge in [-0.05, 0) is 36.4 Å². The normalized spacial score (nSPS) is 14.2. The smallest absolute Gasteiger partial charge is 0.141 e. The molecule has 0 saturated heterocycles. The highest BCUT2D eigenvalue weighted by atomic mass is 32.1. The molecule has 2 nitrogen and oxygen atoms in total. The predicted molar refractivity (Wildman–Crippen MR) is 82.3 cm³/mol. The highest BCUT2D eigenvalue weighted by Gasteiger charge is 2.18. The number of nitrogens with zero attached hydrogens (tertiary/aromatic N) is 1. The average molecular weight is 292 g/mol. The molecule has 0 bridgehead atoms. The van der Waals surface area contributed by atoms with Crippen molar-refractivity contribution in [3.05, 3.63) is 52.2 Å². The van der Waals surface area contributed by atoms with Crippen LogP contribution in [-0.4, -0.2) is 4.98 Å². The van der Waals surface area contributed by atoms with Crippen molar-refractivity contribution in [3.8, 4) is 0 Å². The molecule has 0 saturated carbocycles. The molecule has 0 aliphatic carbocycles. The Hall–Kier alpha value is -1.26. The molecule has 2 aromatic heterocycles. The van der Waals surface area contributed by atoms with Gasteiger partial charge in [0.1, 0.15) is 5.82 Å². The summed E-state index contributed by atoms with van der Waals surface area (Å²) in [6.45, 7) is 4.32. The van der Waals surface area contributed by atoms with Gasteiger partial charge in [-0.2, -0.15) is 0 Å². The van der Waals surface area contributed by atoms with Crippen molar-refractivity contribution in [2.45, 2.75) is 45.2 Å². The van der Waals surface area contributed by atoms with Crippen LogP contribution in [0.2, 0.25) is 0 Å². The Bertz CT molecular complexity index is 496. The topological polar surface area (TPSA) is 24.9 Å². The quantitative estimate of drug-likeness (QED) is 0.788. The van der Waals surface area contributed by atoms with Crippen molar-refractivity contribution in [1.82, 2.24) is 10.3 Å². The lowest BCUT2D eigenvalue weighted by atomic mass is 10.1. The predicted octanol–water partition coefficient (Wildman–Crippen LogP) is 4.86. The minimum absolute atomic E-state index is 0.161. The van der Waals surface area contributed by atoms with E-state index in [0.717, 1.165) is 25.0 Å². The van der Waals surface area contributed by atoms with Crippen molar-refractivity contribution in [1.29, 1.82) is 0 Å². The van der Waals surface area contributed by atoms with Crippen molar-refractivity contribution in [2.24, 2.45) is 0 Å². The summed E-state index contributed by atoms with van der Waals surface area (Å²) >= 11 is 1.78. The van der Waals surface area contributed by atoms with Crippen LogP contribution in [0.15, 0.2) is 35.8 Å². The van der Waals surface area contributed by atoms with Crippen molar-refractivity contribution in [3.63, 3.8) is 0 Å². The van der Waals surface area contributed by atoms with E-state index in [9.17, 15) is 4.39 Å². The summed E-state index contributed by atoms with van der Waals surface area (Å²) in [5, 5.41) is 5.78. The van der Waals surface area contributed by atoms with Gasteiger partial charge in [0.05, 0.1) is 11.9 Å². The SMILES string of the molecule is CCCC(NC(CC)c1ccc(F)cn1)c1cccs1. The van der Waals surface area contributed by atoms with Gasteiger partial charge in [-0.15, -0.1) is 11.3 Å². The third-order valence-corrected chi connectivity index (χ3v) is 4.37. The van der Waals surface area contributed by atoms with Crippen LogP contribution in [0.4, 0.5) is 4.39 Å². The van der Waals surface area contributed by atoms with Gasteiger partial charge in [0, 0.05) is 17.0 Å². The molecule has 2 atom stereocenters. The van der Waals surface area contributed by atoms with E-state index in [1.165, 1.54) is 17.1 Å². The molecule has 4 heteroatoms. The second-order valence-corrected chi connectivity index (χ2v) is 5.86. The fourth-order valence-corrected chi connectivity index (χ4v) is 3.16. The molecule has 108 valence electrons. The molecule has 0 aromatic carbocycles. The van der Waals surface area contributed by atoms with Crippen LogP contribution in [0, 0.1) is 5.82 Å². The number of aromatic nitrogens is 1. The number of rotatable bonds is 7. The number of hydrogen-bond acceptors (Lipinski definition) is 3. The van der Waals surface area contributed by atoms with Gasteiger partial charge in [0.25, 0.3) is 0 Å². The molecule has 0 amide bonds. The van der Waals surface area contributed by atoms with Crippen LogP contribution in [0.3, 0.4) is 0 Å². The van der Waals surface area contributed by atoms with Crippen LogP contribution in [0.25, 0.3) is 0 Å². The van der Waals surface area contributed by atoms with Gasteiger partial charge in [0.15, 0.2) is 0 Å². The number of halogens is 1. The molecule has 2 aromatic rings. The Labute approximate surface area is 124 Å². The maximum absolute atomic E-state index is 13.0. The highest BCUT2D eigenvalue weighted by Crippen LogP contribution is 2.27. The van der Waals surface area contributed by atoms with Crippen LogP contribution in [0.5, 0.6) is 0 Å². The molecular weight excluding hydrogens is 271 g/mol. The second kappa shape index (κ2) is 7.50. The molecule has 2 rings (SSSR count). The Morgan fingerprint density at radius 3 is 2.65 bits per heavy atom. The summed E-state index contributed by atoms with van der Waals surface area (Å²) in [5.74, 6) is -0.285. The summed E-state index contributed by atoms with van der Waals surface area (Å²) in [4.78, 5) is 5.56. The van der Waals surface area contributed by atoms with Gasteiger partial charge in [0.2, 0.25) is 0 Å². The third-order valence-electron chi connectivity index (χ3n) is 3.38. The third kappa shape index (κ3) is 3.87. The van der Waals surface area contributed by atoms with Crippen LogP contribution in [-0.2, 0) is 0 Å². The van der Waals surface area contributed by atoms with E-state index in [-0.39, 0.29) is 11.9 Å². The first-order valence-electron chi connectivity index (χ1n) is 7.15. The second-order valence-electron chi connectivity index (χ2n) is 4.89. The lowest BCUT2D eigenvalue weighted by Crippen LogP contribution is -2.26. The lowest BCUT2D eigenvalue weighted by molar-refractivity contribution is 0.410. The maximum Gasteiger partial charge on any atom is 0.141 e. The molecule has 2 unspecified atom stereocenters. The minimum Gasteiger partial charge on any atom is -0.301 e. The summed E-state index contributed by atoms with van der Waals surface area (Å²) in [7, 11) is 0. The lowest BCUT2D eigenvalue weighted by Gasteiger charge is -2.24. The molecule has 2 heterocycles. The summed E-state index contributed by atoms with van der Waals surface area (Å²) in [6.07, 6.45) is 4.45. The zero-order chi connectivity index (χ0) is 14.4. The molecule has 0 spiro atoms. The number of nitrogens with one attached hydrogen (secondary N) is 1. The fraction of sp³-hybridized carbons (Fsp3) is 0.438. The monoisotopic (exact) mass is 292 g/mol. The van der Waals surface area contributed by atoms with Crippen LogP contribution < -0.4 is 5.32 Å². The van der Waals surface area contributed by atoms with Gasteiger partial charge >= 0.3 is 0 Å². The van der Waals surface area contributed by atoms with Gasteiger partial charge in [-0.25, -0.2) is 4.39 Å². The fourth-order valence-electron chi connectivity index (χ4n) is 2.33. The van der Waals surface area contributed by atoms with Gasteiger partial charge < -0.3 is 5.32 Å². The molecule has 0 radical (unpaired) electrons. The Morgan fingerprint density at radius 2 is 2.10 bits per heavy atom. The van der Waals surface area contributed by atoms with E-state index in [2.05, 4.69) is 41.7 Å². The summed E-state index contributed by atoms with van der Waals surface area (Å²) in [5.41, 5.74) is 0.909. The van der Waals surface area contributed by atoms with Crippen LogP contribution >= 0.6 is 11.3 Å². The molecular formula is C16H21FN2S. The number of hydrogen-bond donors (Lipinski definition) is 1. The van der Waals surface area contributed by atoms with E-state index in [0.29, 0.717) is 6.04 Å². The average Bonchev–Trinajstić information content (AvgIpc) is 2.99. The molecule has 1 N–H and O–H groups in total. The minimum atomic E-state index is -0.285. The molecule has 0 aliphatic heterocycles. The van der Waals surface area contributed by atoms with Crippen molar-refractivity contribution < 1.29 is 4.39 Å². The summed E-state index contributed by atoms with van der Waals surface area (Å²) < 4.78 is 13.0. The van der Waals surface area contributed by atoms with E-state index >= 15 is 0 Å². The Morgan fingerprint density at radius 1 is 1.25 bits per heavy atom. The van der Waals surface area contributed by atoms with Gasteiger partial charge in [-0.3, -0.25) is 4.98 Å². The maximum atomic E-state index is 13.0. The largest absolute Gasteiger partial charge is 0.301 e. The van der Waals surface area contributed by atoms with Gasteiger partial charge in [-0.1, -0.05) is 26.3 Å². The van der Waals surface area contributed by atoms with E-state index < -0.39 is 0 Å². The first-order valence-corrected chi connectivity index (χ1v) is 8.03. The zero-order valence-electron chi connectivity index (χ0n) is 12.0. The number of pyridine rings is 1. The molecule has 0 fully saturated rings. The summed E-state index contributed by atoms with van der Waals surface area (Å²) in [6, 6.07) is 8.01. The Kier molecular flexibility index (Phi) is 5.68. The molecule has 20 heavy (non-hydrogen) atoms.